The maximum atomic E-state index is 12.6. The zero-order chi connectivity index (χ0) is 18.2. The fraction of sp³-hybridized carbons (Fsp3) is 0.778. The predicted molar refractivity (Wildman–Crippen MR) is 98.3 cm³/mol. The van der Waals surface area contributed by atoms with Crippen molar-refractivity contribution in [2.75, 3.05) is 13.2 Å². The van der Waals surface area contributed by atoms with E-state index >= 15 is 0 Å². The average molecular weight is 354 g/mol. The van der Waals surface area contributed by atoms with E-state index in [2.05, 4.69) is 36.5 Å². The van der Waals surface area contributed by atoms with Crippen LogP contribution >= 0.6 is 11.3 Å². The minimum atomic E-state index is -0.855. The van der Waals surface area contributed by atoms with Gasteiger partial charge in [-0.15, -0.1) is 11.3 Å². The second kappa shape index (κ2) is 6.73. The van der Waals surface area contributed by atoms with Crippen LogP contribution in [0, 0.1) is 5.41 Å². The molecule has 0 bridgehead atoms. The number of ether oxygens (including phenoxy) is 1. The summed E-state index contributed by atoms with van der Waals surface area (Å²) in [6, 6.07) is 0. The number of carbonyl (C=O) groups excluding carboxylic acids is 1. The largest absolute Gasteiger partial charge is 0.378 e. The van der Waals surface area contributed by atoms with Gasteiger partial charge in [0.15, 0.2) is 0 Å². The number of aromatic nitrogens is 1. The Kier molecular flexibility index (Phi) is 5.43. The van der Waals surface area contributed by atoms with Gasteiger partial charge in [-0.05, 0) is 6.92 Å². The molecule has 5 nitrogen and oxygen atoms in total. The second-order valence-electron chi connectivity index (χ2n) is 8.22. The maximum absolute atomic E-state index is 12.6. The third kappa shape index (κ3) is 3.51. The topological polar surface area (TPSA) is 77.2 Å². The molecule has 1 aromatic heterocycles. The summed E-state index contributed by atoms with van der Waals surface area (Å²) in [6.07, 6.45) is 1.36. The molecule has 1 aliphatic carbocycles. The first-order chi connectivity index (χ1) is 11.0. The summed E-state index contributed by atoms with van der Waals surface area (Å²) >= 11 is 1.65. The van der Waals surface area contributed by atoms with Crippen LogP contribution in [-0.2, 0) is 21.4 Å². The van der Waals surface area contributed by atoms with Crippen molar-refractivity contribution in [1.29, 1.82) is 0 Å². The predicted octanol–water partition coefficient (Wildman–Crippen LogP) is 2.63. The van der Waals surface area contributed by atoms with Crippen LogP contribution in [0.1, 0.15) is 58.7 Å². The molecule has 2 atom stereocenters. The third-order valence-electron chi connectivity index (χ3n) is 5.18. The van der Waals surface area contributed by atoms with Crippen LogP contribution < -0.4 is 11.1 Å². The molecule has 0 aromatic carbocycles. The molecule has 0 saturated heterocycles. The van der Waals surface area contributed by atoms with Crippen LogP contribution in [0.3, 0.4) is 0 Å². The lowest BCUT2D eigenvalue weighted by molar-refractivity contribution is -0.170. The number of nitrogens with one attached hydrogen (secondary N) is 1. The van der Waals surface area contributed by atoms with Gasteiger partial charge in [0, 0.05) is 42.2 Å². The Labute approximate surface area is 149 Å². The van der Waals surface area contributed by atoms with Gasteiger partial charge in [-0.2, -0.15) is 0 Å². The summed E-state index contributed by atoms with van der Waals surface area (Å²) in [7, 11) is 0. The molecule has 0 radical (unpaired) electrons. The highest BCUT2D eigenvalue weighted by Crippen LogP contribution is 2.49. The second-order valence-corrected chi connectivity index (χ2v) is 9.17. The van der Waals surface area contributed by atoms with Crippen LogP contribution in [0.4, 0.5) is 0 Å². The molecular formula is C18H31N3O2S. The summed E-state index contributed by atoms with van der Waals surface area (Å²) in [5, 5.41) is 6.14. The highest BCUT2D eigenvalue weighted by Gasteiger charge is 2.62. The first kappa shape index (κ1) is 19.3. The van der Waals surface area contributed by atoms with Crippen molar-refractivity contribution in [3.63, 3.8) is 0 Å². The van der Waals surface area contributed by atoms with Gasteiger partial charge in [0.2, 0.25) is 5.91 Å². The van der Waals surface area contributed by atoms with E-state index in [0.717, 1.165) is 17.1 Å². The SMILES string of the molecule is CCOC1CC(N)(C(=O)NCCc2nc(C(C)(C)C)cs2)C1(C)C. The molecule has 1 aromatic rings. The van der Waals surface area contributed by atoms with E-state index in [1.165, 1.54) is 0 Å². The number of hydrogen-bond donors (Lipinski definition) is 2. The summed E-state index contributed by atoms with van der Waals surface area (Å²) in [5.41, 5.74) is 6.33. The summed E-state index contributed by atoms with van der Waals surface area (Å²) < 4.78 is 5.68. The van der Waals surface area contributed by atoms with E-state index in [-0.39, 0.29) is 22.8 Å². The molecule has 2 rings (SSSR count). The maximum Gasteiger partial charge on any atom is 0.240 e. The highest BCUT2D eigenvalue weighted by molar-refractivity contribution is 7.09. The number of amides is 1. The van der Waals surface area contributed by atoms with E-state index in [4.69, 9.17) is 10.5 Å². The van der Waals surface area contributed by atoms with Crippen LogP contribution in [0.5, 0.6) is 0 Å². The van der Waals surface area contributed by atoms with Gasteiger partial charge in [-0.25, -0.2) is 4.98 Å². The Morgan fingerprint density at radius 1 is 1.50 bits per heavy atom. The Morgan fingerprint density at radius 2 is 2.17 bits per heavy atom. The molecular weight excluding hydrogens is 322 g/mol. The summed E-state index contributed by atoms with van der Waals surface area (Å²) in [6.45, 7) is 13.6. The number of carbonyl (C=O) groups is 1. The zero-order valence-electron chi connectivity index (χ0n) is 15.7. The van der Waals surface area contributed by atoms with E-state index in [1.807, 2.05) is 20.8 Å². The lowest BCUT2D eigenvalue weighted by atomic mass is 9.54. The average Bonchev–Trinajstić information content (AvgIpc) is 2.95. The van der Waals surface area contributed by atoms with Gasteiger partial charge in [-0.3, -0.25) is 4.79 Å². The summed E-state index contributed by atoms with van der Waals surface area (Å²) in [5.74, 6) is -0.0870. The van der Waals surface area contributed by atoms with E-state index < -0.39 is 5.54 Å². The molecule has 1 fully saturated rings. The van der Waals surface area contributed by atoms with Crippen molar-refractivity contribution in [1.82, 2.24) is 10.3 Å². The Bertz CT molecular complexity index is 591. The van der Waals surface area contributed by atoms with Gasteiger partial charge in [-0.1, -0.05) is 34.6 Å². The molecule has 24 heavy (non-hydrogen) atoms. The first-order valence-electron chi connectivity index (χ1n) is 8.66. The smallest absolute Gasteiger partial charge is 0.240 e. The summed E-state index contributed by atoms with van der Waals surface area (Å²) in [4.78, 5) is 17.2. The zero-order valence-corrected chi connectivity index (χ0v) is 16.5. The van der Waals surface area contributed by atoms with Crippen molar-refractivity contribution in [2.24, 2.45) is 11.1 Å². The van der Waals surface area contributed by atoms with E-state index in [9.17, 15) is 4.79 Å². The molecule has 3 N–H and O–H groups in total. The minimum absolute atomic E-state index is 0.0477. The van der Waals surface area contributed by atoms with Crippen molar-refractivity contribution in [3.8, 4) is 0 Å². The fourth-order valence-corrected chi connectivity index (χ4v) is 4.06. The van der Waals surface area contributed by atoms with Crippen molar-refractivity contribution in [3.05, 3.63) is 16.1 Å². The molecule has 1 heterocycles. The van der Waals surface area contributed by atoms with Crippen LogP contribution in [0.25, 0.3) is 0 Å². The molecule has 136 valence electrons. The Balaban J connectivity index is 1.87. The first-order valence-corrected chi connectivity index (χ1v) is 9.54. The Morgan fingerprint density at radius 3 is 2.67 bits per heavy atom. The standard InChI is InChI=1S/C18H31N3O2S/c1-7-23-13-10-18(19,17(13,5)6)15(22)20-9-8-14-21-12(11-24-14)16(2,3)4/h11,13H,7-10,19H2,1-6H3,(H,20,22). The molecule has 0 aliphatic heterocycles. The minimum Gasteiger partial charge on any atom is -0.378 e. The van der Waals surface area contributed by atoms with E-state index in [1.54, 1.807) is 11.3 Å². The molecule has 1 saturated carbocycles. The van der Waals surface area contributed by atoms with Crippen molar-refractivity contribution in [2.45, 2.75) is 71.4 Å². The van der Waals surface area contributed by atoms with Crippen LogP contribution in [-0.4, -0.2) is 35.7 Å². The number of rotatable bonds is 6. The van der Waals surface area contributed by atoms with Gasteiger partial charge in [0.05, 0.1) is 16.8 Å². The lowest BCUT2D eigenvalue weighted by Gasteiger charge is -2.57. The number of hydrogen-bond acceptors (Lipinski definition) is 5. The normalized spacial score (nSPS) is 26.0. The van der Waals surface area contributed by atoms with Crippen LogP contribution in [0.15, 0.2) is 5.38 Å². The number of nitrogens with two attached hydrogens (primary N) is 1. The van der Waals surface area contributed by atoms with E-state index in [0.29, 0.717) is 19.6 Å². The van der Waals surface area contributed by atoms with Gasteiger partial charge in [0.25, 0.3) is 0 Å². The van der Waals surface area contributed by atoms with Gasteiger partial charge in [0.1, 0.15) is 5.54 Å². The van der Waals surface area contributed by atoms with Gasteiger partial charge >= 0.3 is 0 Å². The third-order valence-corrected chi connectivity index (χ3v) is 6.09. The Hall–Kier alpha value is -0.980. The molecule has 6 heteroatoms. The molecule has 2 unspecified atom stereocenters. The number of nitrogens with zero attached hydrogens (tertiary/aromatic N) is 1. The fourth-order valence-electron chi connectivity index (χ4n) is 3.03. The van der Waals surface area contributed by atoms with Crippen LogP contribution in [0.2, 0.25) is 0 Å². The quantitative estimate of drug-likeness (QED) is 0.824. The lowest BCUT2D eigenvalue weighted by Crippen LogP contribution is -2.75. The molecule has 1 aliphatic rings. The van der Waals surface area contributed by atoms with Gasteiger partial charge < -0.3 is 15.8 Å². The highest BCUT2D eigenvalue weighted by atomic mass is 32.1. The number of thiazole rings is 1. The monoisotopic (exact) mass is 353 g/mol. The van der Waals surface area contributed by atoms with Crippen molar-refractivity contribution < 1.29 is 9.53 Å². The molecule has 1 amide bonds. The van der Waals surface area contributed by atoms with Crippen molar-refractivity contribution >= 4 is 17.2 Å². The molecule has 0 spiro atoms.